The molecule has 2 amide bonds. The van der Waals surface area contributed by atoms with Gasteiger partial charge in [0, 0.05) is 19.0 Å². The molecule has 7 heteroatoms. The zero-order valence-electron chi connectivity index (χ0n) is 16.0. The van der Waals surface area contributed by atoms with Crippen LogP contribution in [0.25, 0.3) is 6.08 Å². The third-order valence-electron chi connectivity index (χ3n) is 5.14. The Hall–Kier alpha value is -3.53. The van der Waals surface area contributed by atoms with Gasteiger partial charge < -0.3 is 10.2 Å². The molecule has 1 heterocycles. The number of nitrogens with zero attached hydrogens (tertiary/aromatic N) is 2. The average Bonchev–Trinajstić information content (AvgIpc) is 2.71. The molecule has 3 rings (SSSR count). The van der Waals surface area contributed by atoms with Crippen LogP contribution in [-0.4, -0.2) is 29.3 Å². The maximum atomic E-state index is 14.2. The normalized spacial score (nSPS) is 20.5. The van der Waals surface area contributed by atoms with Crippen molar-refractivity contribution in [2.24, 2.45) is 0 Å². The Kier molecular flexibility index (Phi) is 5.46. The van der Waals surface area contributed by atoms with Crippen molar-refractivity contribution in [2.45, 2.75) is 25.3 Å². The smallest absolute Gasteiger partial charge is 0.268 e. The van der Waals surface area contributed by atoms with E-state index in [1.165, 1.54) is 48.4 Å². The second kappa shape index (κ2) is 7.84. The predicted octanol–water partition coefficient (Wildman–Crippen LogP) is 3.16. The minimum Gasteiger partial charge on any atom is -0.336 e. The van der Waals surface area contributed by atoms with Crippen LogP contribution in [0.1, 0.15) is 30.0 Å². The molecule has 1 fully saturated rings. The van der Waals surface area contributed by atoms with E-state index < -0.39 is 17.3 Å². The van der Waals surface area contributed by atoms with Gasteiger partial charge in [0.15, 0.2) is 0 Å². The summed E-state index contributed by atoms with van der Waals surface area (Å²) in [6, 6.07) is 11.6. The lowest BCUT2D eigenvalue weighted by Crippen LogP contribution is -2.65. The number of amides is 2. The van der Waals surface area contributed by atoms with Gasteiger partial charge in [0.25, 0.3) is 11.8 Å². The first-order valence-electron chi connectivity index (χ1n) is 9.06. The fourth-order valence-electron chi connectivity index (χ4n) is 3.43. The molecule has 0 bridgehead atoms. The molecule has 1 unspecified atom stereocenters. The van der Waals surface area contributed by atoms with Gasteiger partial charge in [-0.2, -0.15) is 5.26 Å². The number of likely N-dealkylation sites (N-methyl/N-ethyl adjacent to an activating group) is 1. The van der Waals surface area contributed by atoms with Crippen molar-refractivity contribution in [3.63, 3.8) is 0 Å². The van der Waals surface area contributed by atoms with Gasteiger partial charge in [-0.05, 0) is 42.3 Å². The quantitative estimate of drug-likeness (QED) is 0.809. The first-order valence-corrected chi connectivity index (χ1v) is 9.06. The summed E-state index contributed by atoms with van der Waals surface area (Å²) in [7, 11) is 1.44. The van der Waals surface area contributed by atoms with E-state index in [1.807, 2.05) is 6.07 Å². The third kappa shape index (κ3) is 3.74. The SMILES string of the molecule is CCC1(Cc2ccc(F)cc2)NC(=O)C(=Cc2c(F)cccc2C#N)N(C)C1=O. The number of benzene rings is 2. The van der Waals surface area contributed by atoms with Crippen molar-refractivity contribution < 1.29 is 18.4 Å². The Morgan fingerprint density at radius 3 is 2.48 bits per heavy atom. The van der Waals surface area contributed by atoms with E-state index in [0.717, 1.165) is 0 Å². The number of carbonyl (C=O) groups excluding carboxylic acids is 2. The number of hydrogen-bond acceptors (Lipinski definition) is 3. The summed E-state index contributed by atoms with van der Waals surface area (Å²) in [5.74, 6) is -1.98. The zero-order valence-corrected chi connectivity index (χ0v) is 16.0. The summed E-state index contributed by atoms with van der Waals surface area (Å²) >= 11 is 0. The van der Waals surface area contributed by atoms with E-state index in [4.69, 9.17) is 0 Å². The number of rotatable bonds is 4. The van der Waals surface area contributed by atoms with E-state index in [9.17, 15) is 23.6 Å². The zero-order chi connectivity index (χ0) is 21.2. The van der Waals surface area contributed by atoms with Crippen LogP contribution < -0.4 is 5.32 Å². The number of piperazine rings is 1. The summed E-state index contributed by atoms with van der Waals surface area (Å²) in [5.41, 5.74) is -0.551. The van der Waals surface area contributed by atoms with Crippen LogP contribution >= 0.6 is 0 Å². The Morgan fingerprint density at radius 1 is 1.17 bits per heavy atom. The van der Waals surface area contributed by atoms with Crippen LogP contribution in [0.3, 0.4) is 0 Å². The molecule has 0 saturated carbocycles. The lowest BCUT2D eigenvalue weighted by atomic mass is 9.84. The van der Waals surface area contributed by atoms with E-state index >= 15 is 0 Å². The molecule has 0 aliphatic carbocycles. The molecule has 1 aliphatic heterocycles. The summed E-state index contributed by atoms with van der Waals surface area (Å²) in [4.78, 5) is 27.2. The first-order chi connectivity index (χ1) is 13.8. The van der Waals surface area contributed by atoms with Crippen molar-refractivity contribution in [1.82, 2.24) is 10.2 Å². The molecule has 0 aromatic heterocycles. The molecule has 1 saturated heterocycles. The molecule has 5 nitrogen and oxygen atoms in total. The van der Waals surface area contributed by atoms with E-state index in [0.29, 0.717) is 12.0 Å². The van der Waals surface area contributed by atoms with Gasteiger partial charge in [-0.1, -0.05) is 25.1 Å². The summed E-state index contributed by atoms with van der Waals surface area (Å²) in [5, 5.41) is 12.0. The van der Waals surface area contributed by atoms with Crippen LogP contribution in [0.2, 0.25) is 0 Å². The molecule has 1 aliphatic rings. The van der Waals surface area contributed by atoms with Gasteiger partial charge in [0.2, 0.25) is 0 Å². The highest BCUT2D eigenvalue weighted by Crippen LogP contribution is 2.28. The van der Waals surface area contributed by atoms with Gasteiger partial charge >= 0.3 is 0 Å². The second-order valence-corrected chi connectivity index (χ2v) is 6.90. The van der Waals surface area contributed by atoms with E-state index in [1.54, 1.807) is 19.1 Å². The van der Waals surface area contributed by atoms with Gasteiger partial charge in [-0.15, -0.1) is 0 Å². The van der Waals surface area contributed by atoms with E-state index in [-0.39, 0.29) is 35.0 Å². The van der Waals surface area contributed by atoms with Crippen LogP contribution in [0, 0.1) is 23.0 Å². The molecule has 0 spiro atoms. The van der Waals surface area contributed by atoms with Gasteiger partial charge in [0.1, 0.15) is 22.9 Å². The maximum absolute atomic E-state index is 14.2. The lowest BCUT2D eigenvalue weighted by Gasteiger charge is -2.41. The number of nitrogens with one attached hydrogen (secondary N) is 1. The minimum absolute atomic E-state index is 0.0534. The molecule has 1 atom stereocenters. The molecule has 29 heavy (non-hydrogen) atoms. The topological polar surface area (TPSA) is 73.2 Å². The summed E-state index contributed by atoms with van der Waals surface area (Å²) in [6.07, 6.45) is 1.71. The molecule has 0 radical (unpaired) electrons. The third-order valence-corrected chi connectivity index (χ3v) is 5.14. The number of nitriles is 1. The van der Waals surface area contributed by atoms with Crippen molar-refractivity contribution in [3.05, 3.63) is 76.5 Å². The van der Waals surface area contributed by atoms with Crippen LogP contribution in [0.15, 0.2) is 48.2 Å². The van der Waals surface area contributed by atoms with Crippen LogP contribution in [-0.2, 0) is 16.0 Å². The standard InChI is InChI=1S/C22H19F2N3O2/c1-3-22(12-14-7-9-16(23)10-8-14)21(29)27(2)19(20(28)26-22)11-17-15(13-25)5-4-6-18(17)24/h4-11H,3,12H2,1-2H3,(H,26,28). The van der Waals surface area contributed by atoms with Crippen molar-refractivity contribution in [3.8, 4) is 6.07 Å². The van der Waals surface area contributed by atoms with Crippen molar-refractivity contribution in [2.75, 3.05) is 7.05 Å². The van der Waals surface area contributed by atoms with Crippen molar-refractivity contribution >= 4 is 17.9 Å². The monoisotopic (exact) mass is 395 g/mol. The molecule has 1 N–H and O–H groups in total. The van der Waals surface area contributed by atoms with Gasteiger partial charge in [-0.25, -0.2) is 8.78 Å². The molecular weight excluding hydrogens is 376 g/mol. The van der Waals surface area contributed by atoms with Crippen molar-refractivity contribution in [1.29, 1.82) is 5.26 Å². The molecule has 2 aromatic carbocycles. The second-order valence-electron chi connectivity index (χ2n) is 6.90. The maximum Gasteiger partial charge on any atom is 0.268 e. The Bertz CT molecular complexity index is 1040. The molecular formula is C22H19F2N3O2. The Labute approximate surface area is 167 Å². The van der Waals surface area contributed by atoms with Gasteiger partial charge in [0.05, 0.1) is 11.6 Å². The number of hydrogen-bond donors (Lipinski definition) is 1. The molecule has 2 aromatic rings. The highest BCUT2D eigenvalue weighted by Gasteiger charge is 2.46. The fourth-order valence-corrected chi connectivity index (χ4v) is 3.43. The highest BCUT2D eigenvalue weighted by atomic mass is 19.1. The number of halogens is 2. The number of carbonyl (C=O) groups is 2. The summed E-state index contributed by atoms with van der Waals surface area (Å²) in [6.45, 7) is 1.77. The lowest BCUT2D eigenvalue weighted by molar-refractivity contribution is -0.144. The predicted molar refractivity (Wildman–Crippen MR) is 103 cm³/mol. The highest BCUT2D eigenvalue weighted by molar-refractivity contribution is 6.09. The van der Waals surface area contributed by atoms with E-state index in [2.05, 4.69) is 5.32 Å². The van der Waals surface area contributed by atoms with Gasteiger partial charge in [-0.3, -0.25) is 9.59 Å². The Morgan fingerprint density at radius 2 is 1.86 bits per heavy atom. The molecule has 148 valence electrons. The fraction of sp³-hybridized carbons (Fsp3) is 0.227. The first kappa shape index (κ1) is 20.2. The summed E-state index contributed by atoms with van der Waals surface area (Å²) < 4.78 is 27.4. The van der Waals surface area contributed by atoms with Crippen LogP contribution in [0.4, 0.5) is 8.78 Å². The average molecular weight is 395 g/mol. The minimum atomic E-state index is -1.20. The Balaban J connectivity index is 1.98. The van der Waals surface area contributed by atoms with Crippen LogP contribution in [0.5, 0.6) is 0 Å². The largest absolute Gasteiger partial charge is 0.336 e.